The molecule has 6 nitrogen and oxygen atoms in total. The van der Waals surface area contributed by atoms with Gasteiger partial charge in [-0.05, 0) is 30.7 Å². The van der Waals surface area contributed by atoms with E-state index in [4.69, 9.17) is 16.3 Å². The minimum absolute atomic E-state index is 0.00747. The van der Waals surface area contributed by atoms with Crippen molar-refractivity contribution in [2.45, 2.75) is 18.1 Å². The predicted molar refractivity (Wildman–Crippen MR) is 118 cm³/mol. The maximum atomic E-state index is 12.6. The highest BCUT2D eigenvalue weighted by molar-refractivity contribution is 7.99. The molecule has 29 heavy (non-hydrogen) atoms. The molecule has 1 amide bonds. The van der Waals surface area contributed by atoms with Crippen LogP contribution in [0.15, 0.2) is 59.8 Å². The lowest BCUT2D eigenvalue weighted by molar-refractivity contribution is -0.115. The molecule has 152 valence electrons. The van der Waals surface area contributed by atoms with Crippen molar-refractivity contribution in [3.8, 4) is 11.4 Å². The molecule has 0 aliphatic rings. The monoisotopic (exact) mass is 430 g/mol. The molecule has 3 rings (SSSR count). The Hall–Kier alpha value is -2.35. The second-order valence-corrected chi connectivity index (χ2v) is 7.71. The number of carbonyl (C=O) groups excluding carboxylic acids is 1. The number of thioether (sulfide) groups is 1. The average Bonchev–Trinajstić information content (AvgIpc) is 3.15. The van der Waals surface area contributed by atoms with Crippen molar-refractivity contribution in [2.75, 3.05) is 31.4 Å². The van der Waals surface area contributed by atoms with Crippen molar-refractivity contribution < 1.29 is 9.53 Å². The number of halogens is 1. The highest BCUT2D eigenvalue weighted by atomic mass is 35.5. The fourth-order valence-electron chi connectivity index (χ4n) is 2.82. The third-order valence-electron chi connectivity index (χ3n) is 4.40. The van der Waals surface area contributed by atoms with Gasteiger partial charge in [-0.3, -0.25) is 4.79 Å². The predicted octanol–water partition coefficient (Wildman–Crippen LogP) is 4.39. The second kappa shape index (κ2) is 10.4. The summed E-state index contributed by atoms with van der Waals surface area (Å²) in [6.45, 7) is 1.30. The molecule has 8 heteroatoms. The van der Waals surface area contributed by atoms with Crippen LogP contribution in [0.3, 0.4) is 0 Å². The van der Waals surface area contributed by atoms with Crippen molar-refractivity contribution in [3.63, 3.8) is 0 Å². The number of methoxy groups -OCH3 is 1. The van der Waals surface area contributed by atoms with E-state index in [9.17, 15) is 4.79 Å². The zero-order valence-electron chi connectivity index (χ0n) is 16.4. The Morgan fingerprint density at radius 2 is 1.86 bits per heavy atom. The van der Waals surface area contributed by atoms with Crippen LogP contribution >= 0.6 is 23.4 Å². The summed E-state index contributed by atoms with van der Waals surface area (Å²) in [5.41, 5.74) is 1.68. The fraction of sp³-hybridized carbons (Fsp3) is 0.286. The molecule has 0 saturated heterocycles. The lowest BCUT2D eigenvalue weighted by Gasteiger charge is -2.17. The molecule has 0 bridgehead atoms. The Labute approximate surface area is 179 Å². The molecular weight excluding hydrogens is 408 g/mol. The van der Waals surface area contributed by atoms with Gasteiger partial charge in [0.2, 0.25) is 5.91 Å². The van der Waals surface area contributed by atoms with Gasteiger partial charge in [0.05, 0.1) is 10.8 Å². The number of hydrogen-bond donors (Lipinski definition) is 0. The molecule has 2 aromatic carbocycles. The highest BCUT2D eigenvalue weighted by Gasteiger charge is 2.18. The van der Waals surface area contributed by atoms with Crippen LogP contribution in [-0.4, -0.2) is 47.2 Å². The largest absolute Gasteiger partial charge is 0.385 e. The Morgan fingerprint density at radius 1 is 1.14 bits per heavy atom. The summed E-state index contributed by atoms with van der Waals surface area (Å²) >= 11 is 7.74. The molecule has 1 aromatic heterocycles. The Balaban J connectivity index is 1.78. The number of ether oxygens (including phenoxy) is 1. The quantitative estimate of drug-likeness (QED) is 0.372. The average molecular weight is 431 g/mol. The van der Waals surface area contributed by atoms with Gasteiger partial charge in [-0.15, -0.1) is 10.2 Å². The van der Waals surface area contributed by atoms with Gasteiger partial charge in [0.15, 0.2) is 11.0 Å². The second-order valence-electron chi connectivity index (χ2n) is 6.36. The standard InChI is InChI=1S/C21H23ClN4O2S/c1-25(16-9-4-3-5-10-16)19(27)15-29-21-24-23-20(26(21)13-8-14-28-2)17-11-6-7-12-18(17)22/h3-7,9-12H,8,13-15H2,1-2H3. The van der Waals surface area contributed by atoms with E-state index < -0.39 is 0 Å². The molecular formula is C21H23ClN4O2S. The SMILES string of the molecule is COCCCn1c(SCC(=O)N(C)c2ccccc2)nnc1-c1ccccc1Cl. The molecule has 0 spiro atoms. The van der Waals surface area contributed by atoms with Crippen molar-refractivity contribution in [1.29, 1.82) is 0 Å². The Bertz CT molecular complexity index is 949. The number of rotatable bonds is 9. The highest BCUT2D eigenvalue weighted by Crippen LogP contribution is 2.29. The van der Waals surface area contributed by atoms with Gasteiger partial charge in [-0.1, -0.05) is 53.7 Å². The smallest absolute Gasteiger partial charge is 0.237 e. The maximum absolute atomic E-state index is 12.6. The first-order valence-electron chi connectivity index (χ1n) is 9.23. The van der Waals surface area contributed by atoms with E-state index in [0.29, 0.717) is 29.2 Å². The number of carbonyl (C=O) groups is 1. The zero-order chi connectivity index (χ0) is 20.6. The third kappa shape index (κ3) is 5.38. The summed E-state index contributed by atoms with van der Waals surface area (Å²) in [5.74, 6) is 0.945. The van der Waals surface area contributed by atoms with Gasteiger partial charge in [-0.2, -0.15) is 0 Å². The van der Waals surface area contributed by atoms with Gasteiger partial charge in [0.25, 0.3) is 0 Å². The number of benzene rings is 2. The molecule has 0 N–H and O–H groups in total. The lowest BCUT2D eigenvalue weighted by Crippen LogP contribution is -2.28. The normalized spacial score (nSPS) is 10.9. The summed E-state index contributed by atoms with van der Waals surface area (Å²) < 4.78 is 7.18. The number of aromatic nitrogens is 3. The number of anilines is 1. The van der Waals surface area contributed by atoms with E-state index in [1.165, 1.54) is 11.8 Å². The van der Waals surface area contributed by atoms with Crippen LogP contribution in [0.25, 0.3) is 11.4 Å². The number of para-hydroxylation sites is 1. The molecule has 0 radical (unpaired) electrons. The Kier molecular flexibility index (Phi) is 7.69. The number of amides is 1. The number of nitrogens with zero attached hydrogens (tertiary/aromatic N) is 4. The molecule has 0 atom stereocenters. The van der Waals surface area contributed by atoms with Crippen LogP contribution in [0.1, 0.15) is 6.42 Å². The van der Waals surface area contributed by atoms with Gasteiger partial charge in [0.1, 0.15) is 0 Å². The van der Waals surface area contributed by atoms with Crippen LogP contribution in [0, 0.1) is 0 Å². The van der Waals surface area contributed by atoms with E-state index in [1.54, 1.807) is 19.1 Å². The van der Waals surface area contributed by atoms with Crippen LogP contribution < -0.4 is 4.90 Å². The first-order valence-corrected chi connectivity index (χ1v) is 10.6. The van der Waals surface area contributed by atoms with E-state index in [0.717, 1.165) is 17.7 Å². The van der Waals surface area contributed by atoms with E-state index in [-0.39, 0.29) is 11.7 Å². The van der Waals surface area contributed by atoms with Crippen LogP contribution in [0.4, 0.5) is 5.69 Å². The summed E-state index contributed by atoms with van der Waals surface area (Å²) in [4.78, 5) is 14.3. The van der Waals surface area contributed by atoms with Crippen molar-refractivity contribution >= 4 is 35.0 Å². The van der Waals surface area contributed by atoms with Crippen LogP contribution in [0.2, 0.25) is 5.02 Å². The van der Waals surface area contributed by atoms with Gasteiger partial charge in [-0.25, -0.2) is 0 Å². The molecule has 0 aliphatic carbocycles. The minimum Gasteiger partial charge on any atom is -0.385 e. The summed E-state index contributed by atoms with van der Waals surface area (Å²) in [6.07, 6.45) is 0.803. The minimum atomic E-state index is -0.00747. The van der Waals surface area contributed by atoms with Crippen LogP contribution in [-0.2, 0) is 16.1 Å². The van der Waals surface area contributed by atoms with Crippen LogP contribution in [0.5, 0.6) is 0 Å². The first kappa shape index (κ1) is 21.4. The summed E-state index contributed by atoms with van der Waals surface area (Å²) in [6, 6.07) is 17.1. The summed E-state index contributed by atoms with van der Waals surface area (Å²) in [5, 5.41) is 9.97. The third-order valence-corrected chi connectivity index (χ3v) is 5.69. The molecule has 0 unspecified atom stereocenters. The fourth-order valence-corrected chi connectivity index (χ4v) is 3.92. The topological polar surface area (TPSA) is 60.2 Å². The molecule has 3 aromatic rings. The van der Waals surface area contributed by atoms with Crippen molar-refractivity contribution in [2.24, 2.45) is 0 Å². The van der Waals surface area contributed by atoms with Gasteiger partial charge >= 0.3 is 0 Å². The lowest BCUT2D eigenvalue weighted by atomic mass is 10.2. The van der Waals surface area contributed by atoms with Crippen molar-refractivity contribution in [1.82, 2.24) is 14.8 Å². The van der Waals surface area contributed by atoms with Gasteiger partial charge < -0.3 is 14.2 Å². The first-order chi connectivity index (χ1) is 14.1. The van der Waals surface area contributed by atoms with E-state index in [2.05, 4.69) is 10.2 Å². The molecule has 0 fully saturated rings. The Morgan fingerprint density at radius 3 is 2.59 bits per heavy atom. The molecule has 0 aliphatic heterocycles. The van der Waals surface area contributed by atoms with Gasteiger partial charge in [0, 0.05) is 38.6 Å². The van der Waals surface area contributed by atoms with E-state index in [1.807, 2.05) is 59.2 Å². The van der Waals surface area contributed by atoms with E-state index >= 15 is 0 Å². The summed E-state index contributed by atoms with van der Waals surface area (Å²) in [7, 11) is 3.45. The number of hydrogen-bond acceptors (Lipinski definition) is 5. The maximum Gasteiger partial charge on any atom is 0.237 e. The zero-order valence-corrected chi connectivity index (χ0v) is 18.0. The molecule has 1 heterocycles. The molecule has 0 saturated carbocycles. The van der Waals surface area contributed by atoms with Crippen molar-refractivity contribution in [3.05, 3.63) is 59.6 Å².